The summed E-state index contributed by atoms with van der Waals surface area (Å²) in [6.45, 7) is 6.32. The molecular formula is C60H98O6. The number of hydrogen-bond acceptors (Lipinski definition) is 6. The molecule has 0 amide bonds. The Hall–Kier alpha value is -3.93. The molecule has 374 valence electrons. The fourth-order valence-electron chi connectivity index (χ4n) is 7.03. The minimum atomic E-state index is -0.819. The number of carbonyl (C=O) groups excluding carboxylic acids is 3. The van der Waals surface area contributed by atoms with Crippen molar-refractivity contribution in [1.82, 2.24) is 0 Å². The van der Waals surface area contributed by atoms with Crippen LogP contribution in [0.25, 0.3) is 0 Å². The summed E-state index contributed by atoms with van der Waals surface area (Å²) in [7, 11) is 0. The second-order valence-electron chi connectivity index (χ2n) is 17.4. The summed E-state index contributed by atoms with van der Waals surface area (Å²) >= 11 is 0. The van der Waals surface area contributed by atoms with Gasteiger partial charge in [0.1, 0.15) is 13.2 Å². The third kappa shape index (κ3) is 51.1. The molecule has 0 aromatic rings. The van der Waals surface area contributed by atoms with Crippen molar-refractivity contribution in [2.24, 2.45) is 0 Å². The molecule has 0 bridgehead atoms. The Morgan fingerprint density at radius 2 is 0.621 bits per heavy atom. The van der Waals surface area contributed by atoms with Gasteiger partial charge >= 0.3 is 17.9 Å². The summed E-state index contributed by atoms with van der Waals surface area (Å²) in [6, 6.07) is 0. The van der Waals surface area contributed by atoms with Gasteiger partial charge in [0.05, 0.1) is 0 Å². The van der Waals surface area contributed by atoms with Gasteiger partial charge in [0, 0.05) is 19.3 Å². The second-order valence-corrected chi connectivity index (χ2v) is 17.4. The van der Waals surface area contributed by atoms with Crippen LogP contribution in [-0.2, 0) is 28.6 Å². The van der Waals surface area contributed by atoms with Crippen molar-refractivity contribution in [3.05, 3.63) is 109 Å². The van der Waals surface area contributed by atoms with E-state index in [1.807, 2.05) is 12.2 Å². The van der Waals surface area contributed by atoms with Gasteiger partial charge in [0.15, 0.2) is 6.10 Å². The average Bonchev–Trinajstić information content (AvgIpc) is 3.31. The van der Waals surface area contributed by atoms with Crippen molar-refractivity contribution in [3.8, 4) is 0 Å². The summed E-state index contributed by atoms with van der Waals surface area (Å²) < 4.78 is 16.7. The molecule has 6 heteroatoms. The fraction of sp³-hybridized carbons (Fsp3) is 0.650. The quantitative estimate of drug-likeness (QED) is 0.0262. The molecule has 0 saturated heterocycles. The van der Waals surface area contributed by atoms with Crippen molar-refractivity contribution >= 4 is 17.9 Å². The van der Waals surface area contributed by atoms with Crippen LogP contribution in [0, 0.1) is 0 Å². The zero-order valence-corrected chi connectivity index (χ0v) is 42.7. The smallest absolute Gasteiger partial charge is 0.306 e. The fourth-order valence-corrected chi connectivity index (χ4v) is 7.03. The monoisotopic (exact) mass is 915 g/mol. The molecule has 0 spiro atoms. The van der Waals surface area contributed by atoms with Crippen LogP contribution in [0.5, 0.6) is 0 Å². The van der Waals surface area contributed by atoms with Crippen LogP contribution in [0.2, 0.25) is 0 Å². The maximum atomic E-state index is 12.8. The first-order chi connectivity index (χ1) is 32.5. The lowest BCUT2D eigenvalue weighted by Gasteiger charge is -2.18. The lowest BCUT2D eigenvalue weighted by atomic mass is 10.1. The van der Waals surface area contributed by atoms with E-state index in [1.165, 1.54) is 70.6 Å². The van der Waals surface area contributed by atoms with E-state index in [0.717, 1.165) is 116 Å². The van der Waals surface area contributed by atoms with Gasteiger partial charge in [-0.2, -0.15) is 0 Å². The molecule has 0 saturated carbocycles. The van der Waals surface area contributed by atoms with Crippen molar-refractivity contribution in [1.29, 1.82) is 0 Å². The minimum absolute atomic E-state index is 0.113. The number of hydrogen-bond donors (Lipinski definition) is 0. The first kappa shape index (κ1) is 62.1. The van der Waals surface area contributed by atoms with E-state index in [-0.39, 0.29) is 37.5 Å². The van der Waals surface area contributed by atoms with Gasteiger partial charge in [-0.1, -0.05) is 214 Å². The van der Waals surface area contributed by atoms with Crippen LogP contribution >= 0.6 is 0 Å². The zero-order chi connectivity index (χ0) is 47.9. The Labute approximate surface area is 406 Å². The molecule has 6 nitrogen and oxygen atoms in total. The molecule has 1 atom stereocenters. The largest absolute Gasteiger partial charge is 0.462 e. The first-order valence-electron chi connectivity index (χ1n) is 26.9. The highest BCUT2D eigenvalue weighted by Gasteiger charge is 2.19. The van der Waals surface area contributed by atoms with Gasteiger partial charge < -0.3 is 14.2 Å². The van der Waals surface area contributed by atoms with Gasteiger partial charge in [-0.3, -0.25) is 14.4 Å². The van der Waals surface area contributed by atoms with Crippen LogP contribution in [0.15, 0.2) is 109 Å². The number of rotatable bonds is 47. The molecule has 66 heavy (non-hydrogen) atoms. The van der Waals surface area contributed by atoms with E-state index in [2.05, 4.69) is 118 Å². The molecule has 0 fully saturated rings. The van der Waals surface area contributed by atoms with E-state index >= 15 is 0 Å². The Kier molecular flexibility index (Phi) is 50.5. The second kappa shape index (κ2) is 53.7. The molecule has 0 aliphatic carbocycles. The number of unbranched alkanes of at least 4 members (excludes halogenated alkanes) is 18. The van der Waals surface area contributed by atoms with E-state index in [9.17, 15) is 14.4 Å². The third-order valence-electron chi connectivity index (χ3n) is 11.0. The standard InChI is InChI=1S/C60H98O6/c1-4-7-10-13-16-19-22-25-27-29-30-31-33-35-38-41-44-47-50-53-59(62)65-56-57(55-64-58(61)52-49-46-43-40-37-34-24-21-18-15-12-9-6-3)66-60(63)54-51-48-45-42-39-36-32-28-26-23-20-17-14-11-8-5-2/h7,9-10,12,16,18-19,21,25,27-28,30-32,34,37,43,46,57H,4-6,8,11,13-15,17,20,22-24,26,29,33,35-36,38-42,44-45,47-56H2,1-3H3/b10-7-,12-9-,19-16-,21-18-,27-25-,31-30-,32-28-,37-34-,46-43-. The van der Waals surface area contributed by atoms with Crippen LogP contribution in [0.4, 0.5) is 0 Å². The molecule has 0 N–H and O–H groups in total. The topological polar surface area (TPSA) is 78.9 Å². The number of carbonyl (C=O) groups is 3. The Bertz CT molecular complexity index is 1370. The lowest BCUT2D eigenvalue weighted by Crippen LogP contribution is -2.30. The lowest BCUT2D eigenvalue weighted by molar-refractivity contribution is -0.166. The highest BCUT2D eigenvalue weighted by Crippen LogP contribution is 2.13. The molecule has 0 aliphatic rings. The SMILES string of the molecule is CC/C=C\C/C=C\C/C=C\C/C=C\CCCCCCCCC(=O)OCC(COC(=O)CC/C=C\C/C=C\C/C=C\C/C=C\CC)OC(=O)CCCCCCC/C=C\CCCCCCCCC. The number of allylic oxidation sites excluding steroid dienone is 18. The summed E-state index contributed by atoms with van der Waals surface area (Å²) in [6.07, 6.45) is 72.3. The summed E-state index contributed by atoms with van der Waals surface area (Å²) in [4.78, 5) is 38.0. The van der Waals surface area contributed by atoms with E-state index in [1.54, 1.807) is 0 Å². The highest BCUT2D eigenvalue weighted by atomic mass is 16.6. The summed E-state index contributed by atoms with van der Waals surface area (Å²) in [5.74, 6) is -1.02. The highest BCUT2D eigenvalue weighted by molar-refractivity contribution is 5.71. The Morgan fingerprint density at radius 1 is 0.318 bits per heavy atom. The maximum absolute atomic E-state index is 12.8. The molecule has 0 aromatic carbocycles. The van der Waals surface area contributed by atoms with Crippen LogP contribution in [-0.4, -0.2) is 37.2 Å². The summed E-state index contributed by atoms with van der Waals surface area (Å²) in [5, 5.41) is 0. The molecule has 1 unspecified atom stereocenters. The predicted octanol–water partition coefficient (Wildman–Crippen LogP) is 17.9. The van der Waals surface area contributed by atoms with E-state index in [4.69, 9.17) is 14.2 Å². The normalized spacial score (nSPS) is 13.0. The maximum Gasteiger partial charge on any atom is 0.306 e. The Morgan fingerprint density at radius 3 is 1.03 bits per heavy atom. The number of esters is 3. The predicted molar refractivity (Wildman–Crippen MR) is 283 cm³/mol. The van der Waals surface area contributed by atoms with Crippen molar-refractivity contribution in [3.63, 3.8) is 0 Å². The molecule has 0 radical (unpaired) electrons. The van der Waals surface area contributed by atoms with Crippen LogP contribution in [0.1, 0.15) is 233 Å². The number of ether oxygens (including phenoxy) is 3. The molecule has 0 rings (SSSR count). The van der Waals surface area contributed by atoms with Gasteiger partial charge in [-0.05, 0) is 109 Å². The van der Waals surface area contributed by atoms with Gasteiger partial charge in [-0.25, -0.2) is 0 Å². The van der Waals surface area contributed by atoms with Gasteiger partial charge in [0.25, 0.3) is 0 Å². The van der Waals surface area contributed by atoms with Crippen molar-refractivity contribution in [2.75, 3.05) is 13.2 Å². The Balaban J connectivity index is 4.49. The average molecular weight is 915 g/mol. The van der Waals surface area contributed by atoms with E-state index in [0.29, 0.717) is 19.3 Å². The zero-order valence-electron chi connectivity index (χ0n) is 42.7. The molecule has 0 aliphatic heterocycles. The van der Waals surface area contributed by atoms with Crippen LogP contribution < -0.4 is 0 Å². The van der Waals surface area contributed by atoms with E-state index < -0.39 is 6.10 Å². The van der Waals surface area contributed by atoms with Gasteiger partial charge in [-0.15, -0.1) is 0 Å². The van der Waals surface area contributed by atoms with Crippen molar-refractivity contribution < 1.29 is 28.6 Å². The minimum Gasteiger partial charge on any atom is -0.462 e. The molecular weight excluding hydrogens is 817 g/mol. The van der Waals surface area contributed by atoms with Crippen molar-refractivity contribution in [2.45, 2.75) is 239 Å². The first-order valence-corrected chi connectivity index (χ1v) is 26.9. The van der Waals surface area contributed by atoms with Gasteiger partial charge in [0.2, 0.25) is 0 Å². The molecule has 0 aromatic heterocycles. The summed E-state index contributed by atoms with van der Waals surface area (Å²) in [5.41, 5.74) is 0. The third-order valence-corrected chi connectivity index (χ3v) is 11.0. The molecule has 0 heterocycles. The van der Waals surface area contributed by atoms with Crippen LogP contribution in [0.3, 0.4) is 0 Å².